The maximum atomic E-state index is 13.5. The minimum atomic E-state index is -0.380. The van der Waals surface area contributed by atoms with Crippen LogP contribution in [0, 0.1) is 18.6 Å². The molecule has 24 rings (SSSR count). The zero-order valence-corrected chi connectivity index (χ0v) is 90.4. The second-order valence-corrected chi connectivity index (χ2v) is 46.8. The van der Waals surface area contributed by atoms with E-state index in [1.807, 2.05) is 127 Å². The molecule has 0 unspecified atom stereocenters. The number of aromatic amines is 1. The van der Waals surface area contributed by atoms with E-state index in [2.05, 4.69) is 95.8 Å². The minimum Gasteiger partial charge on any atom is -0.346 e. The van der Waals surface area contributed by atoms with E-state index in [1.54, 1.807) is 60.9 Å². The summed E-state index contributed by atoms with van der Waals surface area (Å²) in [7, 11) is 0. The Labute approximate surface area is 908 Å². The molecule has 146 heavy (non-hydrogen) atoms. The van der Waals surface area contributed by atoms with Crippen LogP contribution in [0.1, 0.15) is 179 Å². The van der Waals surface area contributed by atoms with Gasteiger partial charge in [-0.2, -0.15) is 0 Å². The number of fused-ring (bicyclic) bond motifs is 9. The summed E-state index contributed by atoms with van der Waals surface area (Å²) in [6, 6.07) is 46.0. The van der Waals surface area contributed by atoms with Crippen LogP contribution in [0.5, 0.6) is 0 Å². The molecule has 9 aromatic heterocycles. The molecule has 14 aromatic rings. The maximum absolute atomic E-state index is 13.5. The highest BCUT2D eigenvalue weighted by Gasteiger charge is 2.43. The van der Waals surface area contributed by atoms with Gasteiger partial charge in [0.2, 0.25) is 0 Å². The fourth-order valence-electron chi connectivity index (χ4n) is 22.7. The summed E-state index contributed by atoms with van der Waals surface area (Å²) in [6.45, 7) is 18.3. The van der Waals surface area contributed by atoms with E-state index in [-0.39, 0.29) is 51.2 Å². The fraction of sp³-hybridized carbons (Fsp3) is 0.385. The van der Waals surface area contributed by atoms with Gasteiger partial charge in [-0.25, -0.2) is 33.7 Å². The van der Waals surface area contributed by atoms with E-state index in [4.69, 9.17) is 104 Å². The second-order valence-electron chi connectivity index (χ2n) is 39.4. The Morgan fingerprint density at radius 3 is 1.06 bits per heavy atom. The third kappa shape index (κ3) is 23.3. The first kappa shape index (κ1) is 104. The summed E-state index contributed by atoms with van der Waals surface area (Å²) < 4.78 is 27.9. The number of piperidine rings is 5. The standard InChI is InChI=1S/2C22H20Cl2FN3OS.C22H22Cl2N4OS2.C22H23ClN4O.C21H23Cl2N3O/c2*23-18-9-13(2-4-19(18)25)14-1-3-15-12-28(7-6-27(15)11-14)22(29)17-10-26-21-16(20(17)24)5-8-30-21;1-30-22-26-19-18(24)17(10-25-20(19)31-22)21(29)28-9-8-27-11-14(4-7-16(27)12-28)13-2-5-15(23)6-3-13;23-17-4-1-15(2-5-17)16-3-6-18-14-27(12-11-26(18)13-16)22(28)20-8-10-25-21-19(20)7-9-24-21;1-14-10-20(23)19(11-24-14)21(27)26-9-8-25-12-16(4-7-18(25)13-26)15-2-5-17(22)6-3-15/h2*2,4-5,8-10,14-15H,1,3,6-7,11-12H2;2-3,5-6,10,14,16H,4,7-9,11-12H2,1H3;1-2,4-5,7-10,16,18H,3,6,11-14H2,(H,24,25);2-3,5-6,10-11,16,18H,4,7-9,12-13H2,1H3/t2*14-,15+;14-,16+;2*16-,18+/m00000/s1. The molecule has 1 N–H and O–H groups in total. The Morgan fingerprint density at radius 2 is 0.692 bits per heavy atom. The first-order valence-electron chi connectivity index (χ1n) is 49.6. The Bertz CT molecular complexity index is 6960. The van der Waals surface area contributed by atoms with Gasteiger partial charge < -0.3 is 29.5 Å². The van der Waals surface area contributed by atoms with Gasteiger partial charge in [0.25, 0.3) is 29.5 Å². The monoisotopic (exact) mass is 2220 g/mol. The lowest BCUT2D eigenvalue weighted by Gasteiger charge is -2.46. The lowest BCUT2D eigenvalue weighted by molar-refractivity contribution is 0.0326. The van der Waals surface area contributed by atoms with Crippen LogP contribution in [-0.2, 0) is 0 Å². The number of carbonyl (C=O) groups is 5. The number of amides is 5. The fourth-order valence-corrected chi connectivity index (χ4v) is 27.7. The van der Waals surface area contributed by atoms with Gasteiger partial charge in [-0.3, -0.25) is 53.5 Å². The zero-order chi connectivity index (χ0) is 101. The van der Waals surface area contributed by atoms with Crippen LogP contribution >= 0.6 is 150 Å². The summed E-state index contributed by atoms with van der Waals surface area (Å²) >= 11 is 62.0. The number of benzene rings is 5. The number of thioether (sulfide) groups is 1. The van der Waals surface area contributed by atoms with Gasteiger partial charge in [0.05, 0.1) is 58.0 Å². The number of pyridine rings is 5. The molecule has 10 saturated heterocycles. The summed E-state index contributed by atoms with van der Waals surface area (Å²) in [4.78, 5) is 120. The van der Waals surface area contributed by atoms with Crippen molar-refractivity contribution in [3.8, 4) is 0 Å². The van der Waals surface area contributed by atoms with E-state index in [0.29, 0.717) is 140 Å². The van der Waals surface area contributed by atoms with Gasteiger partial charge in [0.1, 0.15) is 37.3 Å². The number of hydrogen-bond acceptors (Lipinski definition) is 20. The van der Waals surface area contributed by atoms with Gasteiger partial charge in [0.15, 0.2) is 4.34 Å². The molecule has 0 bridgehead atoms. The van der Waals surface area contributed by atoms with Crippen molar-refractivity contribution in [1.82, 2.24) is 83.9 Å². The van der Waals surface area contributed by atoms with E-state index in [0.717, 1.165) is 240 Å². The summed E-state index contributed by atoms with van der Waals surface area (Å²) in [5.41, 5.74) is 11.1. The van der Waals surface area contributed by atoms with Gasteiger partial charge in [-0.1, -0.05) is 176 Å². The Kier molecular flexibility index (Phi) is 33.3. The van der Waals surface area contributed by atoms with Crippen molar-refractivity contribution in [2.75, 3.05) is 137 Å². The average Bonchev–Trinajstić information content (AvgIpc) is 1.32. The molecule has 10 aliphatic heterocycles. The molecule has 760 valence electrons. The first-order valence-corrected chi connectivity index (χ1v) is 56.8. The smallest absolute Gasteiger partial charge is 0.257 e. The van der Waals surface area contributed by atoms with E-state index < -0.39 is 0 Å². The number of nitrogens with zero attached hydrogens (tertiary/aromatic N) is 16. The molecule has 0 aliphatic carbocycles. The Hall–Kier alpha value is -8.83. The van der Waals surface area contributed by atoms with Crippen molar-refractivity contribution in [3.05, 3.63) is 306 Å². The van der Waals surface area contributed by atoms with Gasteiger partial charge in [0, 0.05) is 235 Å². The highest BCUT2D eigenvalue weighted by atomic mass is 35.5. The van der Waals surface area contributed by atoms with Crippen molar-refractivity contribution < 1.29 is 32.8 Å². The minimum absolute atomic E-state index is 0.00743. The van der Waals surface area contributed by atoms with Crippen LogP contribution in [-0.4, -0.2) is 281 Å². The van der Waals surface area contributed by atoms with Crippen LogP contribution in [0.2, 0.25) is 45.2 Å². The highest BCUT2D eigenvalue weighted by molar-refractivity contribution is 8.00. The first-order chi connectivity index (χ1) is 70.7. The van der Waals surface area contributed by atoms with Crippen molar-refractivity contribution in [2.24, 2.45) is 0 Å². The molecule has 37 heteroatoms. The lowest BCUT2D eigenvalue weighted by Crippen LogP contribution is -2.57. The lowest BCUT2D eigenvalue weighted by atomic mass is 9.86. The van der Waals surface area contributed by atoms with Crippen LogP contribution < -0.4 is 0 Å². The highest BCUT2D eigenvalue weighted by Crippen LogP contribution is 2.44. The zero-order valence-electron chi connectivity index (χ0n) is 80.4. The number of rotatable bonds is 11. The quantitative estimate of drug-likeness (QED) is 0.119. The summed E-state index contributed by atoms with van der Waals surface area (Å²) in [6.07, 6.45) is 22.6. The number of halogens is 11. The number of thiazole rings is 1. The molecule has 0 radical (unpaired) electrons. The van der Waals surface area contributed by atoms with Crippen LogP contribution in [0.15, 0.2) is 192 Å². The molecule has 10 fully saturated rings. The van der Waals surface area contributed by atoms with Gasteiger partial charge >= 0.3 is 0 Å². The van der Waals surface area contributed by atoms with Crippen molar-refractivity contribution in [1.29, 1.82) is 0 Å². The predicted molar refractivity (Wildman–Crippen MR) is 587 cm³/mol. The largest absolute Gasteiger partial charge is 0.346 e. The number of nitrogens with one attached hydrogen (secondary N) is 1. The number of aryl methyl sites for hydroxylation is 1. The van der Waals surface area contributed by atoms with Crippen LogP contribution in [0.4, 0.5) is 8.78 Å². The normalized spacial score (nSPS) is 22.5. The topological polar surface area (TPSA) is 211 Å². The molecule has 10 aliphatic rings. The van der Waals surface area contributed by atoms with E-state index in [1.165, 1.54) is 62.8 Å². The average molecular weight is 2220 g/mol. The van der Waals surface area contributed by atoms with E-state index in [9.17, 15) is 32.8 Å². The molecule has 5 amide bonds. The molecule has 0 spiro atoms. The number of hydrogen-bond donors (Lipinski definition) is 1. The third-order valence-corrected chi connectivity index (χ3v) is 37.2. The van der Waals surface area contributed by atoms with Crippen molar-refractivity contribution in [3.63, 3.8) is 0 Å². The Morgan fingerprint density at radius 1 is 0.349 bits per heavy atom. The number of aromatic nitrogens is 7. The van der Waals surface area contributed by atoms with Crippen molar-refractivity contribution >= 4 is 222 Å². The molecule has 5 aromatic carbocycles. The molecule has 19 heterocycles. The summed E-state index contributed by atoms with van der Waals surface area (Å²) in [5.74, 6) is 1.49. The predicted octanol–water partition coefficient (Wildman–Crippen LogP) is 24.6. The third-order valence-electron chi connectivity index (χ3n) is 30.8. The van der Waals surface area contributed by atoms with Crippen molar-refractivity contribution in [2.45, 2.75) is 135 Å². The summed E-state index contributed by atoms with van der Waals surface area (Å²) in [5, 5.41) is 11.0. The molecular weight excluding hydrogens is 2110 g/mol. The molecule has 22 nitrogen and oxygen atoms in total. The second kappa shape index (κ2) is 46.6. The maximum Gasteiger partial charge on any atom is 0.257 e. The van der Waals surface area contributed by atoms with E-state index >= 15 is 0 Å². The number of carbonyl (C=O) groups excluding carboxylic acids is 5. The Balaban J connectivity index is 0.000000111. The van der Waals surface area contributed by atoms with Crippen LogP contribution in [0.3, 0.4) is 0 Å². The SMILES string of the molecule is CSc1nc2c(Cl)c(C(=O)N3CCN4C[C@@H](c5ccc(Cl)cc5)CC[C@@H]4C3)cnc2s1.Cc1cc(Cl)c(C(=O)N2CCN3C[C@@H](c4ccc(Cl)cc4)CC[C@@H]3C2)cn1.O=C(c1ccnc2[nH]ccc12)N1CCN2C[C@@H](c3ccc(Cl)cc3)CC[C@@H]2C1.O=C(c1cnc2sccc2c1Cl)N1CCN2C[C@@H](c3ccc(F)c(Cl)c3)CC[C@@H]2C1.O=C(c1cnc2sccc2c1Cl)N1CCN2C[C@@H](c3ccc(F)c(Cl)c3)CC[C@@H]2C1. The molecular formula is C109H108Cl9F2N17O5S4. The van der Waals surface area contributed by atoms with Gasteiger partial charge in [-0.15, -0.1) is 22.7 Å². The molecule has 10 atom stereocenters. The van der Waals surface area contributed by atoms with Crippen LogP contribution in [0.25, 0.3) is 41.8 Å². The number of piperazine rings is 5. The number of thiophene rings is 2. The number of H-pyrrole nitrogens is 1. The molecule has 0 saturated carbocycles. The van der Waals surface area contributed by atoms with Gasteiger partial charge in [-0.05, 0) is 237 Å².